The van der Waals surface area contributed by atoms with Gasteiger partial charge in [-0.2, -0.15) is 0 Å². The lowest BCUT2D eigenvalue weighted by atomic mass is 9.87. The van der Waals surface area contributed by atoms with Gasteiger partial charge in [-0.1, -0.05) is 79.4 Å². The molecule has 5 nitrogen and oxygen atoms in total. The molecule has 0 unspecified atom stereocenters. The van der Waals surface area contributed by atoms with Gasteiger partial charge in [-0.15, -0.1) is 0 Å². The van der Waals surface area contributed by atoms with Crippen LogP contribution in [-0.2, 0) is 38.6 Å². The molecule has 2 aliphatic rings. The molecule has 5 heteroatoms. The molecule has 5 rings (SSSR count). The van der Waals surface area contributed by atoms with E-state index in [1.807, 2.05) is 30.3 Å². The van der Waals surface area contributed by atoms with Crippen LogP contribution in [0.1, 0.15) is 40.2 Å². The Morgan fingerprint density at radius 2 is 1.80 bits per heavy atom. The van der Waals surface area contributed by atoms with Crippen LogP contribution in [-0.4, -0.2) is 24.0 Å². The van der Waals surface area contributed by atoms with Crippen molar-refractivity contribution in [1.29, 1.82) is 0 Å². The summed E-state index contributed by atoms with van der Waals surface area (Å²) in [7, 11) is 0. The number of carbonyl (C=O) groups is 1. The van der Waals surface area contributed by atoms with Crippen molar-refractivity contribution in [1.82, 2.24) is 0 Å². The average Bonchev–Trinajstić information content (AvgIpc) is 3.29. The van der Waals surface area contributed by atoms with Gasteiger partial charge >= 0.3 is 5.97 Å². The summed E-state index contributed by atoms with van der Waals surface area (Å²) in [4.78, 5) is 12.7. The lowest BCUT2D eigenvalue weighted by Crippen LogP contribution is -2.28. The number of allylic oxidation sites excluding steroid dienone is 1. The second-order valence-corrected chi connectivity index (χ2v) is 8.80. The molecule has 178 valence electrons. The zero-order valence-electron chi connectivity index (χ0n) is 19.5. The van der Waals surface area contributed by atoms with Crippen molar-refractivity contribution in [3.8, 4) is 11.1 Å². The molecule has 1 aliphatic heterocycles. The smallest absolute Gasteiger partial charge is 0.373 e. The normalized spacial score (nSPS) is 18.1. The van der Waals surface area contributed by atoms with Gasteiger partial charge < -0.3 is 19.3 Å². The maximum Gasteiger partial charge on any atom is 0.373 e. The van der Waals surface area contributed by atoms with Gasteiger partial charge in [0.1, 0.15) is 6.61 Å². The molecule has 1 N–H and O–H groups in total. The number of ether oxygens (including phenoxy) is 3. The van der Waals surface area contributed by atoms with E-state index in [2.05, 4.69) is 49.0 Å². The first kappa shape index (κ1) is 23.1. The molecule has 3 aromatic carbocycles. The van der Waals surface area contributed by atoms with E-state index in [0.29, 0.717) is 13.0 Å². The lowest BCUT2D eigenvalue weighted by Gasteiger charge is -2.30. The average molecular weight is 469 g/mol. The highest BCUT2D eigenvalue weighted by Crippen LogP contribution is 2.43. The summed E-state index contributed by atoms with van der Waals surface area (Å²) in [6.45, 7) is 4.06. The van der Waals surface area contributed by atoms with Gasteiger partial charge in [0.05, 0.1) is 13.2 Å². The van der Waals surface area contributed by atoms with E-state index in [-0.39, 0.29) is 24.9 Å². The van der Waals surface area contributed by atoms with Gasteiger partial charge in [-0.3, -0.25) is 0 Å². The van der Waals surface area contributed by atoms with Crippen molar-refractivity contribution in [3.05, 3.63) is 119 Å². The Morgan fingerprint density at radius 3 is 2.60 bits per heavy atom. The quantitative estimate of drug-likeness (QED) is 0.277. The summed E-state index contributed by atoms with van der Waals surface area (Å²) < 4.78 is 17.3. The molecule has 0 fully saturated rings. The Morgan fingerprint density at radius 1 is 1.03 bits per heavy atom. The first-order chi connectivity index (χ1) is 17.2. The summed E-state index contributed by atoms with van der Waals surface area (Å²) in [5.74, 6) is -0.413. The topological polar surface area (TPSA) is 65.0 Å². The van der Waals surface area contributed by atoms with Crippen LogP contribution in [0.3, 0.4) is 0 Å². The molecule has 0 amide bonds. The van der Waals surface area contributed by atoms with Crippen LogP contribution in [0.25, 0.3) is 11.1 Å². The van der Waals surface area contributed by atoms with Gasteiger partial charge in [0, 0.05) is 12.3 Å². The van der Waals surface area contributed by atoms with Gasteiger partial charge in [-0.25, -0.2) is 4.79 Å². The molecule has 0 aromatic heterocycles. The Bertz CT molecular complexity index is 1260. The minimum Gasteiger partial charge on any atom is -0.458 e. The number of aliphatic hydroxyl groups is 1. The van der Waals surface area contributed by atoms with Crippen LogP contribution in [0.5, 0.6) is 0 Å². The van der Waals surface area contributed by atoms with Crippen molar-refractivity contribution in [2.45, 2.75) is 38.3 Å². The summed E-state index contributed by atoms with van der Waals surface area (Å²) >= 11 is 0. The Hall–Kier alpha value is -3.67. The Labute approximate surface area is 205 Å². The number of aliphatic hydroxyl groups excluding tert-OH is 1. The van der Waals surface area contributed by atoms with Crippen LogP contribution in [0.2, 0.25) is 0 Å². The van der Waals surface area contributed by atoms with E-state index in [1.54, 1.807) is 0 Å². The fourth-order valence-electron chi connectivity index (χ4n) is 4.79. The number of benzene rings is 3. The van der Waals surface area contributed by atoms with Crippen LogP contribution in [0.4, 0.5) is 0 Å². The Balaban J connectivity index is 1.41. The molecule has 0 bridgehead atoms. The van der Waals surface area contributed by atoms with E-state index in [4.69, 9.17) is 14.2 Å². The summed E-state index contributed by atoms with van der Waals surface area (Å²) in [5.41, 5.74) is 8.10. The fraction of sp³-hybridized carbons (Fsp3) is 0.233. The Kier molecular flexibility index (Phi) is 6.80. The zero-order valence-corrected chi connectivity index (χ0v) is 19.5. The highest BCUT2D eigenvalue weighted by molar-refractivity contribution is 5.87. The molecule has 0 radical (unpaired) electrons. The molecule has 3 aromatic rings. The number of rotatable bonds is 8. The second kappa shape index (κ2) is 10.3. The maximum atomic E-state index is 12.7. The molecule has 1 aliphatic carbocycles. The molecule has 0 saturated heterocycles. The van der Waals surface area contributed by atoms with Crippen LogP contribution in [0, 0.1) is 0 Å². The third kappa shape index (κ3) is 4.92. The van der Waals surface area contributed by atoms with E-state index in [1.165, 1.54) is 33.9 Å². The number of hydrogen-bond acceptors (Lipinski definition) is 5. The van der Waals surface area contributed by atoms with Gasteiger partial charge in [0.2, 0.25) is 12.0 Å². The third-order valence-corrected chi connectivity index (χ3v) is 6.52. The van der Waals surface area contributed by atoms with Crippen LogP contribution < -0.4 is 0 Å². The lowest BCUT2D eigenvalue weighted by molar-refractivity contribution is -0.163. The molecular weight excluding hydrogens is 440 g/mol. The SMILES string of the molecule is C=CCOC(=O)C1=C[C@@H](c2cccc3c2Cc2ccccc2-3)C[C@@H](OCc2ccc(CO)cc2)O1. The van der Waals surface area contributed by atoms with E-state index >= 15 is 0 Å². The number of carbonyl (C=O) groups excluding carboxylic acids is 1. The van der Waals surface area contributed by atoms with Gasteiger partial charge in [0.25, 0.3) is 0 Å². The second-order valence-electron chi connectivity index (χ2n) is 8.80. The molecule has 0 spiro atoms. The minimum absolute atomic E-state index is 0.000787. The minimum atomic E-state index is -0.603. The molecule has 1 heterocycles. The first-order valence-corrected chi connectivity index (χ1v) is 11.8. The highest BCUT2D eigenvalue weighted by Gasteiger charge is 2.32. The maximum absolute atomic E-state index is 12.7. The number of hydrogen-bond donors (Lipinski definition) is 1. The third-order valence-electron chi connectivity index (χ3n) is 6.52. The van der Waals surface area contributed by atoms with Crippen LogP contribution >= 0.6 is 0 Å². The van der Waals surface area contributed by atoms with E-state index in [0.717, 1.165) is 17.5 Å². The summed E-state index contributed by atoms with van der Waals surface area (Å²) in [5, 5.41) is 9.26. The fourth-order valence-corrected chi connectivity index (χ4v) is 4.79. The molecule has 0 saturated carbocycles. The predicted octanol–water partition coefficient (Wildman–Crippen LogP) is 5.41. The standard InChI is InChI=1S/C30H28O5/c1-2-14-33-30(32)28-16-23(17-29(35-28)34-19-21-12-10-20(18-31)11-13-21)25-8-5-9-26-24-7-4-3-6-22(24)15-27(25)26/h2-13,16,23,29,31H,1,14-15,17-19H2/t23-,29+/m1/s1. The summed E-state index contributed by atoms with van der Waals surface area (Å²) in [6, 6.07) is 22.4. The first-order valence-electron chi connectivity index (χ1n) is 11.8. The largest absolute Gasteiger partial charge is 0.458 e. The number of esters is 1. The number of fused-ring (bicyclic) bond motifs is 3. The van der Waals surface area contributed by atoms with Crippen molar-refractivity contribution in [3.63, 3.8) is 0 Å². The van der Waals surface area contributed by atoms with Crippen molar-refractivity contribution < 1.29 is 24.1 Å². The van der Waals surface area contributed by atoms with Crippen molar-refractivity contribution in [2.24, 2.45) is 0 Å². The molecule has 35 heavy (non-hydrogen) atoms. The monoisotopic (exact) mass is 468 g/mol. The van der Waals surface area contributed by atoms with E-state index < -0.39 is 12.3 Å². The summed E-state index contributed by atoms with van der Waals surface area (Å²) in [6.07, 6.45) is 4.24. The molecule has 2 atom stereocenters. The van der Waals surface area contributed by atoms with Crippen molar-refractivity contribution in [2.75, 3.05) is 6.61 Å². The van der Waals surface area contributed by atoms with Crippen molar-refractivity contribution >= 4 is 5.97 Å². The predicted molar refractivity (Wildman–Crippen MR) is 133 cm³/mol. The van der Waals surface area contributed by atoms with Gasteiger partial charge in [-0.05, 0) is 51.4 Å². The van der Waals surface area contributed by atoms with Gasteiger partial charge in [0.15, 0.2) is 0 Å². The molecular formula is C30H28O5. The highest BCUT2D eigenvalue weighted by atomic mass is 16.7. The zero-order chi connectivity index (χ0) is 24.2. The van der Waals surface area contributed by atoms with E-state index in [9.17, 15) is 9.90 Å². The van der Waals surface area contributed by atoms with Crippen LogP contribution in [0.15, 0.2) is 91.2 Å².